The van der Waals surface area contributed by atoms with E-state index in [-0.39, 0.29) is 17.2 Å². The number of nitrogens with one attached hydrogen (secondary N) is 1. The van der Waals surface area contributed by atoms with Crippen LogP contribution in [-0.4, -0.2) is 32.2 Å². The molecule has 1 amide bonds. The molecule has 3 rings (SSSR count). The lowest BCUT2D eigenvalue weighted by atomic mass is 10.1. The Bertz CT molecular complexity index is 901. The van der Waals surface area contributed by atoms with Crippen LogP contribution in [0.3, 0.4) is 0 Å². The first-order valence-electron chi connectivity index (χ1n) is 7.96. The van der Waals surface area contributed by atoms with Crippen molar-refractivity contribution in [1.82, 2.24) is 20.3 Å². The largest absolute Gasteiger partial charge is 0.351 e. The summed E-state index contributed by atoms with van der Waals surface area (Å²) in [5, 5.41) is 4.50. The van der Waals surface area contributed by atoms with Crippen LogP contribution in [0.5, 0.6) is 0 Å². The summed E-state index contributed by atoms with van der Waals surface area (Å²) in [4.78, 5) is 26.7. The molecule has 0 bridgehead atoms. The average molecular weight is 373 g/mol. The molecule has 0 radical (unpaired) electrons. The highest BCUT2D eigenvalue weighted by atomic mass is 32.2. The molecule has 0 fully saturated rings. The molecule has 5 nitrogen and oxygen atoms in total. The number of carbonyl (C=O) groups excluding carboxylic acids is 1. The molecule has 0 spiro atoms. The smallest absolute Gasteiger partial charge is 0.230 e. The number of aryl methyl sites for hydroxylation is 1. The molecule has 3 aromatic rings. The van der Waals surface area contributed by atoms with E-state index in [1.807, 2.05) is 58.0 Å². The molecular formula is C18H20N4OS2. The van der Waals surface area contributed by atoms with Crippen molar-refractivity contribution >= 4 is 39.4 Å². The van der Waals surface area contributed by atoms with Crippen LogP contribution in [0.25, 0.3) is 21.6 Å². The lowest BCUT2D eigenvalue weighted by Crippen LogP contribution is -2.41. The van der Waals surface area contributed by atoms with Crippen LogP contribution in [0.1, 0.15) is 25.8 Å². The van der Waals surface area contributed by atoms with E-state index in [0.717, 1.165) is 26.6 Å². The van der Waals surface area contributed by atoms with Crippen molar-refractivity contribution in [2.45, 2.75) is 38.4 Å². The zero-order valence-electron chi connectivity index (χ0n) is 14.7. The van der Waals surface area contributed by atoms with E-state index in [4.69, 9.17) is 0 Å². The van der Waals surface area contributed by atoms with Gasteiger partial charge in [-0.25, -0.2) is 15.0 Å². The Morgan fingerprint density at radius 1 is 1.16 bits per heavy atom. The molecule has 0 aliphatic rings. The highest BCUT2D eigenvalue weighted by Gasteiger charge is 2.17. The van der Waals surface area contributed by atoms with Crippen LogP contribution in [0, 0.1) is 6.92 Å². The van der Waals surface area contributed by atoms with Gasteiger partial charge in [0, 0.05) is 11.1 Å². The van der Waals surface area contributed by atoms with Gasteiger partial charge in [-0.1, -0.05) is 53.4 Å². The van der Waals surface area contributed by atoms with Gasteiger partial charge in [0.1, 0.15) is 16.0 Å². The predicted octanol–water partition coefficient (Wildman–Crippen LogP) is 4.07. The summed E-state index contributed by atoms with van der Waals surface area (Å²) < 4.78 is 0. The van der Waals surface area contributed by atoms with E-state index in [2.05, 4.69) is 20.3 Å². The summed E-state index contributed by atoms with van der Waals surface area (Å²) in [5.74, 6) is 0.261. The van der Waals surface area contributed by atoms with Gasteiger partial charge in [-0.3, -0.25) is 4.79 Å². The maximum Gasteiger partial charge on any atom is 0.230 e. The second-order valence-electron chi connectivity index (χ2n) is 6.69. The lowest BCUT2D eigenvalue weighted by molar-refractivity contribution is -0.119. The van der Waals surface area contributed by atoms with E-state index < -0.39 is 0 Å². The molecule has 2 heterocycles. The fraction of sp³-hybridized carbons (Fsp3) is 0.333. The van der Waals surface area contributed by atoms with Crippen molar-refractivity contribution < 1.29 is 4.79 Å². The SMILES string of the molecule is Cc1nc2c(-c3ccccc3)nc(SCC(=O)NC(C)(C)C)nc2s1. The van der Waals surface area contributed by atoms with Crippen molar-refractivity contribution in [3.63, 3.8) is 0 Å². The number of aromatic nitrogens is 3. The van der Waals surface area contributed by atoms with Crippen LogP contribution in [-0.2, 0) is 4.79 Å². The maximum absolute atomic E-state index is 12.1. The Morgan fingerprint density at radius 2 is 1.88 bits per heavy atom. The monoisotopic (exact) mass is 372 g/mol. The van der Waals surface area contributed by atoms with E-state index in [0.29, 0.717) is 5.16 Å². The van der Waals surface area contributed by atoms with Crippen LogP contribution in [0.2, 0.25) is 0 Å². The second kappa shape index (κ2) is 7.09. The number of nitrogens with zero attached hydrogens (tertiary/aromatic N) is 3. The Balaban J connectivity index is 1.91. The lowest BCUT2D eigenvalue weighted by Gasteiger charge is -2.20. The minimum Gasteiger partial charge on any atom is -0.351 e. The van der Waals surface area contributed by atoms with Crippen molar-refractivity contribution in [3.8, 4) is 11.3 Å². The van der Waals surface area contributed by atoms with E-state index in [1.165, 1.54) is 11.8 Å². The number of hydrogen-bond acceptors (Lipinski definition) is 6. The van der Waals surface area contributed by atoms with Crippen molar-refractivity contribution in [2.75, 3.05) is 5.75 Å². The van der Waals surface area contributed by atoms with Crippen molar-refractivity contribution in [2.24, 2.45) is 0 Å². The van der Waals surface area contributed by atoms with Gasteiger partial charge in [0.15, 0.2) is 5.16 Å². The minimum absolute atomic E-state index is 0.0251. The summed E-state index contributed by atoms with van der Waals surface area (Å²) in [7, 11) is 0. The number of benzene rings is 1. The molecule has 1 N–H and O–H groups in total. The summed E-state index contributed by atoms with van der Waals surface area (Å²) in [5.41, 5.74) is 2.39. The molecule has 2 aromatic heterocycles. The highest BCUT2D eigenvalue weighted by Crippen LogP contribution is 2.31. The number of thiazole rings is 1. The second-order valence-corrected chi connectivity index (χ2v) is 8.82. The predicted molar refractivity (Wildman–Crippen MR) is 104 cm³/mol. The Hall–Kier alpha value is -1.99. The quantitative estimate of drug-likeness (QED) is 0.552. The molecular weight excluding hydrogens is 352 g/mol. The zero-order valence-corrected chi connectivity index (χ0v) is 16.3. The van der Waals surface area contributed by atoms with Gasteiger partial charge in [0.05, 0.1) is 10.8 Å². The van der Waals surface area contributed by atoms with Gasteiger partial charge in [-0.2, -0.15) is 0 Å². The summed E-state index contributed by atoms with van der Waals surface area (Å²) in [6.45, 7) is 7.86. The fourth-order valence-corrected chi connectivity index (χ4v) is 3.84. The van der Waals surface area contributed by atoms with E-state index in [1.54, 1.807) is 11.3 Å². The van der Waals surface area contributed by atoms with Gasteiger partial charge < -0.3 is 5.32 Å². The first kappa shape index (κ1) is 17.8. The minimum atomic E-state index is -0.244. The number of hydrogen-bond donors (Lipinski definition) is 1. The number of amides is 1. The Labute approximate surface area is 155 Å². The summed E-state index contributed by atoms with van der Waals surface area (Å²) in [6, 6.07) is 9.95. The number of rotatable bonds is 4. The van der Waals surface area contributed by atoms with E-state index >= 15 is 0 Å². The first-order valence-corrected chi connectivity index (χ1v) is 9.76. The summed E-state index contributed by atoms with van der Waals surface area (Å²) >= 11 is 2.89. The van der Waals surface area contributed by atoms with Crippen molar-refractivity contribution in [3.05, 3.63) is 35.3 Å². The zero-order chi connectivity index (χ0) is 18.0. The van der Waals surface area contributed by atoms with Crippen LogP contribution in [0.15, 0.2) is 35.5 Å². The average Bonchev–Trinajstić information content (AvgIpc) is 2.91. The Morgan fingerprint density at radius 3 is 2.56 bits per heavy atom. The van der Waals surface area contributed by atoms with Gasteiger partial charge in [-0.15, -0.1) is 0 Å². The molecule has 1 aromatic carbocycles. The molecule has 0 atom stereocenters. The highest BCUT2D eigenvalue weighted by molar-refractivity contribution is 7.99. The number of fused-ring (bicyclic) bond motifs is 1. The number of carbonyl (C=O) groups is 1. The van der Waals surface area contributed by atoms with E-state index in [9.17, 15) is 4.79 Å². The van der Waals surface area contributed by atoms with Crippen LogP contribution >= 0.6 is 23.1 Å². The van der Waals surface area contributed by atoms with Crippen LogP contribution in [0.4, 0.5) is 0 Å². The van der Waals surface area contributed by atoms with Gasteiger partial charge in [-0.05, 0) is 27.7 Å². The fourth-order valence-electron chi connectivity index (χ4n) is 2.35. The third-order valence-corrected chi connectivity index (χ3v) is 4.95. The third kappa shape index (κ3) is 4.55. The molecule has 7 heteroatoms. The standard InChI is InChI=1S/C18H20N4OS2/c1-11-19-15-14(12-8-6-5-7-9-12)20-17(21-16(15)25-11)24-10-13(23)22-18(2,3)4/h5-9H,10H2,1-4H3,(H,22,23). The van der Waals surface area contributed by atoms with Gasteiger partial charge in [0.25, 0.3) is 0 Å². The normalized spacial score (nSPS) is 11.7. The van der Waals surface area contributed by atoms with Crippen molar-refractivity contribution in [1.29, 1.82) is 0 Å². The molecule has 0 saturated heterocycles. The molecule has 0 unspecified atom stereocenters. The molecule has 130 valence electrons. The maximum atomic E-state index is 12.1. The van der Waals surface area contributed by atoms with Crippen LogP contribution < -0.4 is 5.32 Å². The topological polar surface area (TPSA) is 67.8 Å². The summed E-state index contributed by atoms with van der Waals surface area (Å²) in [6.07, 6.45) is 0. The third-order valence-electron chi connectivity index (χ3n) is 3.24. The van der Waals surface area contributed by atoms with Gasteiger partial charge >= 0.3 is 0 Å². The molecule has 0 aliphatic carbocycles. The molecule has 0 aliphatic heterocycles. The Kier molecular flexibility index (Phi) is 5.06. The molecule has 25 heavy (non-hydrogen) atoms. The first-order chi connectivity index (χ1) is 11.8. The number of thioether (sulfide) groups is 1. The van der Waals surface area contributed by atoms with Gasteiger partial charge in [0.2, 0.25) is 5.91 Å². The molecule has 0 saturated carbocycles.